The molecule has 23 heavy (non-hydrogen) atoms. The minimum atomic E-state index is -0.0423. The van der Waals surface area contributed by atoms with E-state index in [4.69, 9.17) is 4.74 Å². The zero-order valence-corrected chi connectivity index (χ0v) is 15.0. The summed E-state index contributed by atoms with van der Waals surface area (Å²) < 4.78 is 5.81. The predicted molar refractivity (Wildman–Crippen MR) is 93.4 cm³/mol. The topological polar surface area (TPSA) is 44.8 Å². The standard InChI is InChI=1S/C18H33N3O2/c1-5-8-19-18(22)16(4)21-9-6-17(7-10-21)13-20-11-14(2)23-15(3)12-20/h5,14-17H,1,6-13H2,2-4H3,(H,19,22)/t14-,15+,16-/m0/s1. The van der Waals surface area contributed by atoms with E-state index in [1.54, 1.807) is 6.08 Å². The molecule has 0 aliphatic carbocycles. The molecule has 2 heterocycles. The summed E-state index contributed by atoms with van der Waals surface area (Å²) >= 11 is 0. The quantitative estimate of drug-likeness (QED) is 0.753. The largest absolute Gasteiger partial charge is 0.373 e. The van der Waals surface area contributed by atoms with Gasteiger partial charge in [-0.25, -0.2) is 0 Å². The Kier molecular flexibility index (Phi) is 7.06. The Balaban J connectivity index is 1.73. The average Bonchev–Trinajstić information content (AvgIpc) is 2.51. The van der Waals surface area contributed by atoms with Crippen LogP contribution in [0.15, 0.2) is 12.7 Å². The third-order valence-electron chi connectivity index (χ3n) is 5.01. The zero-order chi connectivity index (χ0) is 16.8. The van der Waals surface area contributed by atoms with Gasteiger partial charge in [0.1, 0.15) is 0 Å². The Morgan fingerprint density at radius 3 is 2.48 bits per heavy atom. The van der Waals surface area contributed by atoms with E-state index in [1.807, 2.05) is 6.92 Å². The molecule has 0 radical (unpaired) electrons. The number of morpholine rings is 1. The molecule has 5 heteroatoms. The smallest absolute Gasteiger partial charge is 0.237 e. The van der Waals surface area contributed by atoms with Crippen LogP contribution in [0.2, 0.25) is 0 Å². The summed E-state index contributed by atoms with van der Waals surface area (Å²) in [6.45, 7) is 15.8. The normalized spacial score (nSPS) is 29.2. The summed E-state index contributed by atoms with van der Waals surface area (Å²) in [5.74, 6) is 0.853. The highest BCUT2D eigenvalue weighted by molar-refractivity contribution is 5.81. The van der Waals surface area contributed by atoms with Crippen molar-refractivity contribution in [1.82, 2.24) is 15.1 Å². The van der Waals surface area contributed by atoms with Gasteiger partial charge in [0.05, 0.1) is 18.2 Å². The van der Waals surface area contributed by atoms with Crippen molar-refractivity contribution in [2.45, 2.75) is 51.9 Å². The number of nitrogens with one attached hydrogen (secondary N) is 1. The highest BCUT2D eigenvalue weighted by atomic mass is 16.5. The maximum absolute atomic E-state index is 12.0. The lowest BCUT2D eigenvalue weighted by molar-refractivity contribution is -0.126. The molecule has 0 aromatic carbocycles. The van der Waals surface area contributed by atoms with Crippen LogP contribution in [0.25, 0.3) is 0 Å². The molecule has 5 nitrogen and oxygen atoms in total. The molecule has 2 aliphatic rings. The van der Waals surface area contributed by atoms with Gasteiger partial charge in [-0.2, -0.15) is 0 Å². The van der Waals surface area contributed by atoms with Crippen molar-refractivity contribution in [1.29, 1.82) is 0 Å². The van der Waals surface area contributed by atoms with Crippen LogP contribution in [-0.2, 0) is 9.53 Å². The number of hydrogen-bond acceptors (Lipinski definition) is 4. The summed E-state index contributed by atoms with van der Waals surface area (Å²) in [5, 5.41) is 2.90. The van der Waals surface area contributed by atoms with Gasteiger partial charge in [-0.05, 0) is 52.6 Å². The maximum Gasteiger partial charge on any atom is 0.237 e. The number of likely N-dealkylation sites (tertiary alicyclic amines) is 1. The molecule has 132 valence electrons. The van der Waals surface area contributed by atoms with E-state index in [1.165, 1.54) is 19.4 Å². The number of hydrogen-bond donors (Lipinski definition) is 1. The first kappa shape index (κ1) is 18.4. The molecule has 2 rings (SSSR count). The van der Waals surface area contributed by atoms with Gasteiger partial charge in [-0.3, -0.25) is 14.6 Å². The van der Waals surface area contributed by atoms with Crippen molar-refractivity contribution in [2.24, 2.45) is 5.92 Å². The Hall–Kier alpha value is -0.910. The van der Waals surface area contributed by atoms with Crippen LogP contribution in [0.4, 0.5) is 0 Å². The molecule has 3 atom stereocenters. The number of ether oxygens (including phenoxy) is 1. The van der Waals surface area contributed by atoms with Crippen LogP contribution >= 0.6 is 0 Å². The van der Waals surface area contributed by atoms with E-state index >= 15 is 0 Å². The number of nitrogens with zero attached hydrogens (tertiary/aromatic N) is 2. The molecule has 0 bridgehead atoms. The van der Waals surface area contributed by atoms with Crippen LogP contribution in [0, 0.1) is 5.92 Å². The second-order valence-electron chi connectivity index (χ2n) is 7.17. The molecule has 0 aromatic rings. The van der Waals surface area contributed by atoms with Gasteiger partial charge >= 0.3 is 0 Å². The molecule has 0 unspecified atom stereocenters. The molecule has 2 saturated heterocycles. The number of rotatable bonds is 6. The van der Waals surface area contributed by atoms with Gasteiger partial charge < -0.3 is 10.1 Å². The lowest BCUT2D eigenvalue weighted by Crippen LogP contribution is -2.51. The second kappa shape index (κ2) is 8.81. The SMILES string of the molecule is C=CCNC(=O)[C@H](C)N1CCC(CN2C[C@@H](C)O[C@@H](C)C2)CC1. The van der Waals surface area contributed by atoms with E-state index in [0.717, 1.165) is 32.1 Å². The molecule has 1 amide bonds. The Morgan fingerprint density at radius 2 is 1.91 bits per heavy atom. The van der Waals surface area contributed by atoms with Crippen LogP contribution in [0.3, 0.4) is 0 Å². The minimum absolute atomic E-state index is 0.0423. The van der Waals surface area contributed by atoms with Crippen molar-refractivity contribution >= 4 is 5.91 Å². The van der Waals surface area contributed by atoms with Gasteiger partial charge in [0.2, 0.25) is 5.91 Å². The number of carbonyl (C=O) groups is 1. The van der Waals surface area contributed by atoms with Crippen LogP contribution in [-0.4, -0.2) is 73.2 Å². The monoisotopic (exact) mass is 323 g/mol. The van der Waals surface area contributed by atoms with Crippen molar-refractivity contribution in [3.8, 4) is 0 Å². The number of amides is 1. The second-order valence-corrected chi connectivity index (χ2v) is 7.17. The molecule has 0 aromatic heterocycles. The van der Waals surface area contributed by atoms with Gasteiger partial charge in [0.15, 0.2) is 0 Å². The molecular formula is C18H33N3O2. The van der Waals surface area contributed by atoms with E-state index < -0.39 is 0 Å². The molecule has 0 spiro atoms. The third kappa shape index (κ3) is 5.59. The number of piperidine rings is 1. The van der Waals surface area contributed by atoms with Crippen LogP contribution in [0.1, 0.15) is 33.6 Å². The maximum atomic E-state index is 12.0. The van der Waals surface area contributed by atoms with E-state index in [-0.39, 0.29) is 11.9 Å². The minimum Gasteiger partial charge on any atom is -0.373 e. The van der Waals surface area contributed by atoms with Gasteiger partial charge in [-0.15, -0.1) is 6.58 Å². The van der Waals surface area contributed by atoms with Gasteiger partial charge in [0, 0.05) is 26.2 Å². The lowest BCUT2D eigenvalue weighted by atomic mass is 9.94. The third-order valence-corrected chi connectivity index (χ3v) is 5.01. The molecule has 1 N–H and O–H groups in total. The van der Waals surface area contributed by atoms with E-state index in [2.05, 4.69) is 35.5 Å². The molecule has 2 fully saturated rings. The fraction of sp³-hybridized carbons (Fsp3) is 0.833. The lowest BCUT2D eigenvalue weighted by Gasteiger charge is -2.40. The fourth-order valence-corrected chi connectivity index (χ4v) is 3.81. The fourth-order valence-electron chi connectivity index (χ4n) is 3.81. The zero-order valence-electron chi connectivity index (χ0n) is 15.0. The Labute approximate surface area is 141 Å². The summed E-state index contributed by atoms with van der Waals surface area (Å²) in [6.07, 6.45) is 4.76. The summed E-state index contributed by atoms with van der Waals surface area (Å²) in [7, 11) is 0. The van der Waals surface area contributed by atoms with Crippen LogP contribution in [0.5, 0.6) is 0 Å². The molecule has 2 aliphatic heterocycles. The summed E-state index contributed by atoms with van der Waals surface area (Å²) in [5.41, 5.74) is 0. The first-order valence-corrected chi connectivity index (χ1v) is 9.00. The highest BCUT2D eigenvalue weighted by Crippen LogP contribution is 2.22. The first-order chi connectivity index (χ1) is 11.0. The highest BCUT2D eigenvalue weighted by Gasteiger charge is 2.29. The average molecular weight is 323 g/mol. The summed E-state index contributed by atoms with van der Waals surface area (Å²) in [6, 6.07) is -0.0423. The molecule has 0 saturated carbocycles. The van der Waals surface area contributed by atoms with Gasteiger partial charge in [0.25, 0.3) is 0 Å². The van der Waals surface area contributed by atoms with Crippen molar-refractivity contribution in [3.63, 3.8) is 0 Å². The Morgan fingerprint density at radius 1 is 1.30 bits per heavy atom. The van der Waals surface area contributed by atoms with Crippen molar-refractivity contribution < 1.29 is 9.53 Å². The van der Waals surface area contributed by atoms with Crippen molar-refractivity contribution in [3.05, 3.63) is 12.7 Å². The van der Waals surface area contributed by atoms with Crippen molar-refractivity contribution in [2.75, 3.05) is 39.3 Å². The number of carbonyl (C=O) groups excluding carboxylic acids is 1. The summed E-state index contributed by atoms with van der Waals surface area (Å²) in [4.78, 5) is 16.9. The van der Waals surface area contributed by atoms with Gasteiger partial charge in [-0.1, -0.05) is 6.08 Å². The van der Waals surface area contributed by atoms with E-state index in [0.29, 0.717) is 18.8 Å². The predicted octanol–water partition coefficient (Wildman–Crippen LogP) is 1.50. The molecular weight excluding hydrogens is 290 g/mol. The van der Waals surface area contributed by atoms with Crippen LogP contribution < -0.4 is 5.32 Å². The first-order valence-electron chi connectivity index (χ1n) is 9.00. The van der Waals surface area contributed by atoms with E-state index in [9.17, 15) is 4.79 Å². The Bertz CT molecular complexity index is 384.